The molecule has 1 saturated heterocycles. The second-order valence-corrected chi connectivity index (χ2v) is 8.22. The molecule has 0 spiro atoms. The highest BCUT2D eigenvalue weighted by Crippen LogP contribution is 2.23. The molecule has 28 heavy (non-hydrogen) atoms. The van der Waals surface area contributed by atoms with E-state index in [-0.39, 0.29) is 17.3 Å². The molecule has 3 rings (SSSR count). The largest absolute Gasteiger partial charge is 0.368 e. The maximum Gasteiger partial charge on any atom is 0.269 e. The van der Waals surface area contributed by atoms with Gasteiger partial charge in [-0.05, 0) is 24.3 Å². The molecule has 9 nitrogen and oxygen atoms in total. The van der Waals surface area contributed by atoms with Crippen molar-refractivity contribution in [2.75, 3.05) is 42.1 Å². The molecule has 0 aromatic heterocycles. The van der Waals surface area contributed by atoms with E-state index in [1.165, 1.54) is 12.1 Å². The SMILES string of the molecule is CS(=O)(=O)Nc1ccccc1C(=O)N1CCN(c2ccc([N+](=O)[O-])cc2)CC1. The van der Waals surface area contributed by atoms with E-state index in [0.29, 0.717) is 31.7 Å². The highest BCUT2D eigenvalue weighted by Gasteiger charge is 2.24. The molecule has 0 radical (unpaired) electrons. The van der Waals surface area contributed by atoms with Crippen LogP contribution in [0.1, 0.15) is 10.4 Å². The Kier molecular flexibility index (Phi) is 5.50. The number of amides is 1. The Morgan fingerprint density at radius 3 is 2.21 bits per heavy atom. The maximum absolute atomic E-state index is 12.9. The van der Waals surface area contributed by atoms with Crippen molar-refractivity contribution in [1.29, 1.82) is 0 Å². The molecular weight excluding hydrogens is 384 g/mol. The molecule has 148 valence electrons. The maximum atomic E-state index is 12.9. The van der Waals surface area contributed by atoms with Crippen LogP contribution in [0.2, 0.25) is 0 Å². The van der Waals surface area contributed by atoms with Gasteiger partial charge in [-0.15, -0.1) is 0 Å². The van der Waals surface area contributed by atoms with Gasteiger partial charge in [0.15, 0.2) is 0 Å². The average molecular weight is 404 g/mol. The standard InChI is InChI=1S/C18H20N4O5S/c1-28(26,27)19-17-5-3-2-4-16(17)18(23)21-12-10-20(11-13-21)14-6-8-15(9-7-14)22(24)25/h2-9,19H,10-13H2,1H3. The van der Waals surface area contributed by atoms with E-state index in [4.69, 9.17) is 0 Å². The molecule has 2 aromatic rings. The monoisotopic (exact) mass is 404 g/mol. The second-order valence-electron chi connectivity index (χ2n) is 6.47. The third-order valence-corrected chi connectivity index (χ3v) is 5.04. The number of hydrogen-bond acceptors (Lipinski definition) is 6. The minimum atomic E-state index is -3.50. The number of rotatable bonds is 5. The van der Waals surface area contributed by atoms with Crippen LogP contribution in [0.25, 0.3) is 0 Å². The van der Waals surface area contributed by atoms with Gasteiger partial charge in [-0.2, -0.15) is 0 Å². The van der Waals surface area contributed by atoms with Crippen LogP contribution in [-0.2, 0) is 10.0 Å². The van der Waals surface area contributed by atoms with Gasteiger partial charge in [0.1, 0.15) is 0 Å². The predicted octanol–water partition coefficient (Wildman–Crippen LogP) is 1.93. The van der Waals surface area contributed by atoms with E-state index < -0.39 is 14.9 Å². The summed E-state index contributed by atoms with van der Waals surface area (Å²) in [4.78, 5) is 26.9. The summed E-state index contributed by atoms with van der Waals surface area (Å²) in [6.07, 6.45) is 1.04. The second kappa shape index (κ2) is 7.85. The van der Waals surface area contributed by atoms with Gasteiger partial charge in [0, 0.05) is 44.0 Å². The van der Waals surface area contributed by atoms with Crippen molar-refractivity contribution < 1.29 is 18.1 Å². The van der Waals surface area contributed by atoms with Gasteiger partial charge in [0.25, 0.3) is 11.6 Å². The van der Waals surface area contributed by atoms with E-state index in [2.05, 4.69) is 4.72 Å². The Labute approximate surface area is 162 Å². The zero-order valence-corrected chi connectivity index (χ0v) is 16.1. The first kappa shape index (κ1) is 19.6. The van der Waals surface area contributed by atoms with E-state index in [1.807, 2.05) is 4.90 Å². The zero-order valence-electron chi connectivity index (χ0n) is 15.2. The third kappa shape index (κ3) is 4.58. The number of carbonyl (C=O) groups excluding carboxylic acids is 1. The molecule has 0 aliphatic carbocycles. The van der Waals surface area contributed by atoms with Crippen molar-refractivity contribution in [3.63, 3.8) is 0 Å². The average Bonchev–Trinajstić information content (AvgIpc) is 2.67. The van der Waals surface area contributed by atoms with Gasteiger partial charge in [0.2, 0.25) is 10.0 Å². The normalized spacial score (nSPS) is 14.6. The van der Waals surface area contributed by atoms with E-state index >= 15 is 0 Å². The van der Waals surface area contributed by atoms with E-state index in [1.54, 1.807) is 41.3 Å². The lowest BCUT2D eigenvalue weighted by atomic mass is 10.1. The molecule has 10 heteroatoms. The van der Waals surface area contributed by atoms with Gasteiger partial charge in [-0.3, -0.25) is 19.6 Å². The Morgan fingerprint density at radius 1 is 1.04 bits per heavy atom. The molecule has 1 aliphatic heterocycles. The quantitative estimate of drug-likeness (QED) is 0.602. The molecule has 1 fully saturated rings. The number of para-hydroxylation sites is 1. The van der Waals surface area contributed by atoms with Crippen molar-refractivity contribution >= 4 is 33.0 Å². The lowest BCUT2D eigenvalue weighted by Gasteiger charge is -2.36. The summed E-state index contributed by atoms with van der Waals surface area (Å²) in [7, 11) is -3.50. The van der Waals surface area contributed by atoms with Crippen LogP contribution in [0.3, 0.4) is 0 Å². The van der Waals surface area contributed by atoms with Crippen molar-refractivity contribution in [3.8, 4) is 0 Å². The van der Waals surface area contributed by atoms with Gasteiger partial charge in [-0.25, -0.2) is 8.42 Å². The number of benzene rings is 2. The lowest BCUT2D eigenvalue weighted by Crippen LogP contribution is -2.48. The Balaban J connectivity index is 1.68. The number of carbonyl (C=O) groups is 1. The highest BCUT2D eigenvalue weighted by molar-refractivity contribution is 7.92. The number of non-ortho nitro benzene ring substituents is 1. The molecule has 0 saturated carbocycles. The fourth-order valence-electron chi connectivity index (χ4n) is 3.08. The first-order valence-electron chi connectivity index (χ1n) is 8.60. The summed E-state index contributed by atoms with van der Waals surface area (Å²) in [6.45, 7) is 2.07. The first-order valence-corrected chi connectivity index (χ1v) is 10.5. The molecule has 1 heterocycles. The van der Waals surface area contributed by atoms with Crippen molar-refractivity contribution in [2.45, 2.75) is 0 Å². The Morgan fingerprint density at radius 2 is 1.64 bits per heavy atom. The van der Waals surface area contributed by atoms with Crippen molar-refractivity contribution in [1.82, 2.24) is 4.90 Å². The van der Waals surface area contributed by atoms with Crippen LogP contribution < -0.4 is 9.62 Å². The highest BCUT2D eigenvalue weighted by atomic mass is 32.2. The smallest absolute Gasteiger partial charge is 0.269 e. The number of sulfonamides is 1. The van der Waals surface area contributed by atoms with Gasteiger partial charge in [-0.1, -0.05) is 12.1 Å². The summed E-state index contributed by atoms with van der Waals surface area (Å²) in [6, 6.07) is 12.8. The van der Waals surface area contributed by atoms with Gasteiger partial charge < -0.3 is 9.80 Å². The molecule has 0 unspecified atom stereocenters. The fourth-order valence-corrected chi connectivity index (χ4v) is 3.66. The minimum absolute atomic E-state index is 0.0348. The number of nitro benzene ring substituents is 1. The summed E-state index contributed by atoms with van der Waals surface area (Å²) in [5.74, 6) is -0.241. The molecule has 0 atom stereocenters. The number of anilines is 2. The third-order valence-electron chi connectivity index (χ3n) is 4.45. The van der Waals surface area contributed by atoms with Crippen molar-refractivity contribution in [3.05, 3.63) is 64.2 Å². The zero-order chi connectivity index (χ0) is 20.3. The topological polar surface area (TPSA) is 113 Å². The molecule has 1 aliphatic rings. The predicted molar refractivity (Wildman–Crippen MR) is 106 cm³/mol. The van der Waals surface area contributed by atoms with Crippen LogP contribution in [0, 0.1) is 10.1 Å². The van der Waals surface area contributed by atoms with Crippen molar-refractivity contribution in [2.24, 2.45) is 0 Å². The van der Waals surface area contributed by atoms with Crippen LogP contribution >= 0.6 is 0 Å². The molecular formula is C18H20N4O5S. The van der Waals surface area contributed by atoms with Crippen LogP contribution in [0.4, 0.5) is 17.1 Å². The lowest BCUT2D eigenvalue weighted by molar-refractivity contribution is -0.384. The number of piperazine rings is 1. The van der Waals surface area contributed by atoms with E-state index in [9.17, 15) is 23.3 Å². The number of nitro groups is 1. The summed E-state index contributed by atoms with van der Waals surface area (Å²) < 4.78 is 25.4. The molecule has 1 N–H and O–H groups in total. The minimum Gasteiger partial charge on any atom is -0.368 e. The first-order chi connectivity index (χ1) is 13.2. The summed E-state index contributed by atoms with van der Waals surface area (Å²) in [5.41, 5.74) is 1.45. The van der Waals surface area contributed by atoms with E-state index in [0.717, 1.165) is 11.9 Å². The van der Waals surface area contributed by atoms with Gasteiger partial charge >= 0.3 is 0 Å². The number of hydrogen-bond donors (Lipinski definition) is 1. The van der Waals surface area contributed by atoms with Crippen LogP contribution in [0.5, 0.6) is 0 Å². The van der Waals surface area contributed by atoms with Gasteiger partial charge in [0.05, 0.1) is 22.4 Å². The summed E-state index contributed by atoms with van der Waals surface area (Å²) >= 11 is 0. The molecule has 1 amide bonds. The number of nitrogens with zero attached hydrogens (tertiary/aromatic N) is 3. The Hall–Kier alpha value is -3.14. The molecule has 0 bridgehead atoms. The van der Waals surface area contributed by atoms with Crippen LogP contribution in [0.15, 0.2) is 48.5 Å². The van der Waals surface area contributed by atoms with Crippen LogP contribution in [-0.4, -0.2) is 56.6 Å². The summed E-state index contributed by atoms with van der Waals surface area (Å²) in [5, 5.41) is 10.8. The molecule has 2 aromatic carbocycles. The Bertz CT molecular complexity index is 983. The number of nitrogens with one attached hydrogen (secondary N) is 1. The fraction of sp³-hybridized carbons (Fsp3) is 0.278.